The largest absolute Gasteiger partial charge is 0.508 e. The van der Waals surface area contributed by atoms with Crippen LogP contribution in [0.25, 0.3) is 0 Å². The fraction of sp³-hybridized carbons (Fsp3) is 0.486. The van der Waals surface area contributed by atoms with Crippen LogP contribution in [0.2, 0.25) is 0 Å². The second-order valence-corrected chi connectivity index (χ2v) is 14.2. The zero-order valence-electron chi connectivity index (χ0n) is 29.9. The van der Waals surface area contributed by atoms with Crippen molar-refractivity contribution in [2.75, 3.05) is 25.1 Å². The maximum absolute atomic E-state index is 13.6. The summed E-state index contributed by atoms with van der Waals surface area (Å²) < 4.78 is 17.3. The Bertz CT molecular complexity index is 1520. The molecule has 6 N–H and O–H groups in total. The molecule has 0 saturated carbocycles. The Kier molecular flexibility index (Phi) is 17.1. The average molecular weight is 731 g/mol. The van der Waals surface area contributed by atoms with E-state index in [1.165, 1.54) is 23.3 Å². The summed E-state index contributed by atoms with van der Waals surface area (Å²) in [5.41, 5.74) is 5.17. The third-order valence-electron chi connectivity index (χ3n) is 7.38. The number of ether oxygens (including phenoxy) is 1. The quantitative estimate of drug-likeness (QED) is 0.129. The van der Waals surface area contributed by atoms with Crippen molar-refractivity contribution >= 4 is 46.4 Å². The number of hydrazine groups is 1. The van der Waals surface area contributed by atoms with E-state index in [1.807, 2.05) is 6.07 Å². The smallest absolute Gasteiger partial charge is 0.408 e. The van der Waals surface area contributed by atoms with Gasteiger partial charge in [0.15, 0.2) is 0 Å². The van der Waals surface area contributed by atoms with Crippen LogP contribution in [0.4, 0.5) is 4.79 Å². The Morgan fingerprint density at radius 2 is 1.45 bits per heavy atom. The van der Waals surface area contributed by atoms with Crippen molar-refractivity contribution in [3.05, 3.63) is 65.7 Å². The van der Waals surface area contributed by atoms with Gasteiger partial charge >= 0.3 is 6.09 Å². The molecule has 16 heteroatoms. The van der Waals surface area contributed by atoms with E-state index in [2.05, 4.69) is 26.8 Å². The maximum atomic E-state index is 13.6. The predicted octanol–water partition coefficient (Wildman–Crippen LogP) is 1.21. The number of nitrogens with zero attached hydrogens (tertiary/aromatic N) is 1. The lowest BCUT2D eigenvalue weighted by Crippen LogP contribution is -2.58. The number of hydrogen-bond acceptors (Lipinski definition) is 9. The summed E-state index contributed by atoms with van der Waals surface area (Å²) in [5, 5.41) is 17.3. The molecule has 0 aliphatic carbocycles. The van der Waals surface area contributed by atoms with E-state index in [0.717, 1.165) is 5.56 Å². The van der Waals surface area contributed by atoms with Crippen LogP contribution >= 0.6 is 0 Å². The molecule has 51 heavy (non-hydrogen) atoms. The lowest BCUT2D eigenvalue weighted by molar-refractivity contribution is -0.141. The van der Waals surface area contributed by atoms with Crippen LogP contribution in [0.1, 0.15) is 58.6 Å². The van der Waals surface area contributed by atoms with Gasteiger partial charge in [0.2, 0.25) is 23.6 Å². The van der Waals surface area contributed by atoms with Crippen LogP contribution in [-0.4, -0.2) is 98.7 Å². The molecule has 4 atom stereocenters. The number of benzene rings is 2. The molecule has 6 amide bonds. The van der Waals surface area contributed by atoms with Crippen molar-refractivity contribution in [1.29, 1.82) is 0 Å². The fourth-order valence-electron chi connectivity index (χ4n) is 4.79. The molecule has 0 heterocycles. The molecule has 0 bridgehead atoms. The van der Waals surface area contributed by atoms with E-state index in [4.69, 9.17) is 4.74 Å². The summed E-state index contributed by atoms with van der Waals surface area (Å²) in [7, 11) is -1.34. The van der Waals surface area contributed by atoms with E-state index < -0.39 is 76.7 Å². The summed E-state index contributed by atoms with van der Waals surface area (Å²) in [4.78, 5) is 79.6. The normalized spacial score (nSPS) is 13.4. The molecule has 0 aromatic heterocycles. The molecule has 0 spiro atoms. The van der Waals surface area contributed by atoms with Gasteiger partial charge in [-0.2, -0.15) is 0 Å². The van der Waals surface area contributed by atoms with Crippen LogP contribution < -0.4 is 26.8 Å². The first kappa shape index (κ1) is 42.2. The summed E-state index contributed by atoms with van der Waals surface area (Å²) in [6, 6.07) is 11.5. The number of amides is 6. The van der Waals surface area contributed by atoms with E-state index >= 15 is 0 Å². The van der Waals surface area contributed by atoms with Gasteiger partial charge in [-0.15, -0.1) is 0 Å². The van der Waals surface area contributed by atoms with Crippen molar-refractivity contribution in [1.82, 2.24) is 31.7 Å². The summed E-state index contributed by atoms with van der Waals surface area (Å²) >= 11 is 0. The van der Waals surface area contributed by atoms with Gasteiger partial charge in [0.25, 0.3) is 5.91 Å². The molecule has 15 nitrogen and oxygen atoms in total. The van der Waals surface area contributed by atoms with Gasteiger partial charge in [-0.1, -0.05) is 49.4 Å². The van der Waals surface area contributed by atoms with Crippen molar-refractivity contribution in [3.63, 3.8) is 0 Å². The molecular weight excluding hydrogens is 680 g/mol. The lowest BCUT2D eigenvalue weighted by Gasteiger charge is -2.30. The van der Waals surface area contributed by atoms with Crippen molar-refractivity contribution in [2.45, 2.75) is 84.0 Å². The number of phenolic OH excluding ortho intramolecular Hbond substituents is 1. The molecular formula is C35H50N6O9S. The number of nitrogens with one attached hydrogen (secondary N) is 5. The number of alkyl carbamates (subject to hydrolysis) is 1. The molecule has 0 saturated heterocycles. The van der Waals surface area contributed by atoms with Gasteiger partial charge in [-0.25, -0.2) is 4.79 Å². The van der Waals surface area contributed by atoms with Crippen LogP contribution in [0.15, 0.2) is 54.6 Å². The maximum Gasteiger partial charge on any atom is 0.408 e. The number of phenols is 1. The second-order valence-electron chi connectivity index (χ2n) is 12.7. The van der Waals surface area contributed by atoms with E-state index in [-0.39, 0.29) is 43.7 Å². The Labute approximate surface area is 301 Å². The monoisotopic (exact) mass is 730 g/mol. The van der Waals surface area contributed by atoms with E-state index in [0.29, 0.717) is 5.56 Å². The van der Waals surface area contributed by atoms with Gasteiger partial charge < -0.3 is 30.7 Å². The van der Waals surface area contributed by atoms with E-state index in [9.17, 15) is 38.1 Å². The van der Waals surface area contributed by atoms with Crippen LogP contribution in [0.5, 0.6) is 5.75 Å². The molecule has 1 unspecified atom stereocenters. The topological polar surface area (TPSA) is 212 Å². The lowest BCUT2D eigenvalue weighted by atomic mass is 10.0. The second kappa shape index (κ2) is 20.6. The third kappa shape index (κ3) is 15.6. The molecule has 2 aromatic rings. The minimum Gasteiger partial charge on any atom is -0.508 e. The van der Waals surface area contributed by atoms with Crippen molar-refractivity contribution < 1.29 is 42.8 Å². The molecule has 0 aliphatic rings. The van der Waals surface area contributed by atoms with Crippen LogP contribution in [0, 0.1) is 0 Å². The minimum absolute atomic E-state index is 0.00983. The standard InChI is InChI=1S/C35H50N6O9S/c1-7-29(43)39-40-33(47)28(21-23-12-10-9-11-13-23)41(8-2)30(44)22-36-31(45)26(18-19-51(6)49)37-32(46)27(38-34(48)50-35(3,4)5)20-24-14-16-25(42)17-15-24/h9-17,26-28,42H,7-8,18-22H2,1-6H3,(H,36,45)(H,37,46)(H,38,48)(H,39,43)(H,40,47)/t26-,27+,28+,51?/m1/s1. The molecule has 0 radical (unpaired) electrons. The SMILES string of the molecule is CCC(=O)NNC(=O)[C@H](Cc1ccccc1)N(CC)C(=O)CNC(=O)[C@@H](CCS(C)=O)NC(=O)[C@H](Cc1ccc(O)cc1)NC(=O)OC(C)(C)C. The van der Waals surface area contributed by atoms with Gasteiger partial charge in [-0.05, 0) is 57.4 Å². The highest BCUT2D eigenvalue weighted by Crippen LogP contribution is 2.14. The van der Waals surface area contributed by atoms with Crippen LogP contribution in [-0.2, 0) is 52.4 Å². The molecule has 0 aliphatic heterocycles. The number of hydrogen-bond donors (Lipinski definition) is 6. The summed E-state index contributed by atoms with van der Waals surface area (Å²) in [5.74, 6) is -3.10. The highest BCUT2D eigenvalue weighted by atomic mass is 32.2. The first-order valence-corrected chi connectivity index (χ1v) is 18.3. The summed E-state index contributed by atoms with van der Waals surface area (Å²) in [6.45, 7) is 7.82. The highest BCUT2D eigenvalue weighted by molar-refractivity contribution is 7.84. The zero-order valence-corrected chi connectivity index (χ0v) is 30.8. The molecule has 2 aromatic carbocycles. The zero-order chi connectivity index (χ0) is 38.1. The minimum atomic E-state index is -1.34. The third-order valence-corrected chi connectivity index (χ3v) is 8.19. The number of carbonyl (C=O) groups is 6. The van der Waals surface area contributed by atoms with E-state index in [1.54, 1.807) is 71.0 Å². The molecule has 0 fully saturated rings. The Morgan fingerprint density at radius 3 is 2.02 bits per heavy atom. The first-order chi connectivity index (χ1) is 24.0. The van der Waals surface area contributed by atoms with Gasteiger partial charge in [-0.3, -0.25) is 39.0 Å². The number of aromatic hydroxyl groups is 1. The predicted molar refractivity (Wildman–Crippen MR) is 191 cm³/mol. The van der Waals surface area contributed by atoms with Gasteiger partial charge in [0.05, 0.1) is 6.54 Å². The Hall–Kier alpha value is -4.99. The number of carbonyl (C=O) groups excluding carboxylic acids is 6. The first-order valence-electron chi connectivity index (χ1n) is 16.6. The Morgan fingerprint density at radius 1 is 0.824 bits per heavy atom. The number of rotatable bonds is 17. The molecule has 280 valence electrons. The van der Waals surface area contributed by atoms with Crippen molar-refractivity contribution in [3.8, 4) is 5.75 Å². The highest BCUT2D eigenvalue weighted by Gasteiger charge is 2.32. The van der Waals surface area contributed by atoms with Gasteiger partial charge in [0.1, 0.15) is 29.5 Å². The Balaban J connectivity index is 2.25. The van der Waals surface area contributed by atoms with Crippen LogP contribution in [0.3, 0.4) is 0 Å². The fourth-order valence-corrected chi connectivity index (χ4v) is 5.36. The average Bonchev–Trinajstić information content (AvgIpc) is 3.07. The summed E-state index contributed by atoms with van der Waals surface area (Å²) in [6.07, 6.45) is 0.747. The van der Waals surface area contributed by atoms with Gasteiger partial charge in [0, 0.05) is 48.6 Å². The van der Waals surface area contributed by atoms with Crippen molar-refractivity contribution in [2.24, 2.45) is 0 Å². The molecule has 2 rings (SSSR count). The number of likely N-dealkylation sites (N-methyl/N-ethyl adjacent to an activating group) is 1.